The van der Waals surface area contributed by atoms with Gasteiger partial charge in [-0.2, -0.15) is 13.2 Å². The molecule has 12 heteroatoms. The van der Waals surface area contributed by atoms with E-state index in [1.165, 1.54) is 12.1 Å². The molecule has 0 spiro atoms. The second kappa shape index (κ2) is 10.4. The average Bonchev–Trinajstić information content (AvgIpc) is 2.83. The fraction of sp³-hybridized carbons (Fsp3) is 0.208. The van der Waals surface area contributed by atoms with Crippen molar-refractivity contribution in [2.24, 2.45) is 0 Å². The number of nitro groups is 1. The molecule has 188 valence electrons. The topological polar surface area (TPSA) is 91.6 Å². The maximum absolute atomic E-state index is 13.8. The minimum Gasteiger partial charge on any atom is -0.408 e. The van der Waals surface area contributed by atoms with E-state index >= 15 is 0 Å². The fourth-order valence-corrected chi connectivity index (χ4v) is 6.83. The first-order valence-electron chi connectivity index (χ1n) is 10.9. The van der Waals surface area contributed by atoms with Crippen molar-refractivity contribution in [1.29, 1.82) is 0 Å². The van der Waals surface area contributed by atoms with Crippen molar-refractivity contribution in [1.82, 2.24) is 4.98 Å². The van der Waals surface area contributed by atoms with Gasteiger partial charge in [0.05, 0.1) is 21.4 Å². The van der Waals surface area contributed by atoms with E-state index in [1.54, 1.807) is 30.3 Å². The first-order chi connectivity index (χ1) is 17.1. The number of nitrogens with zero attached hydrogens (tertiary/aromatic N) is 2. The lowest BCUT2D eigenvalue weighted by atomic mass is 10.1. The van der Waals surface area contributed by atoms with Crippen molar-refractivity contribution in [2.45, 2.75) is 25.9 Å². The summed E-state index contributed by atoms with van der Waals surface area (Å²) in [7, 11) is 0. The van der Waals surface area contributed by atoms with Crippen molar-refractivity contribution >= 4 is 45.7 Å². The molecule has 0 amide bonds. The molecule has 0 N–H and O–H groups in total. The molecule has 36 heavy (non-hydrogen) atoms. The predicted molar refractivity (Wildman–Crippen MR) is 134 cm³/mol. The third-order valence-corrected chi connectivity index (χ3v) is 8.76. The van der Waals surface area contributed by atoms with E-state index in [0.29, 0.717) is 23.1 Å². The third kappa shape index (κ3) is 5.74. The van der Waals surface area contributed by atoms with Crippen molar-refractivity contribution < 1.29 is 31.7 Å². The summed E-state index contributed by atoms with van der Waals surface area (Å²) < 4.78 is 64.0. The number of halogens is 3. The van der Waals surface area contributed by atoms with Crippen LogP contribution in [0.15, 0.2) is 66.7 Å². The second-order valence-electron chi connectivity index (χ2n) is 7.76. The van der Waals surface area contributed by atoms with Crippen LogP contribution in [0, 0.1) is 10.1 Å². The lowest BCUT2D eigenvalue weighted by Crippen LogP contribution is -2.05. The average molecular weight is 536 g/mol. The molecule has 0 bridgehead atoms. The Morgan fingerprint density at radius 2 is 1.78 bits per heavy atom. The minimum absolute atomic E-state index is 0.0492. The summed E-state index contributed by atoms with van der Waals surface area (Å²) in [6.45, 7) is -2.07. The Labute approximate surface area is 208 Å². The molecule has 0 saturated heterocycles. The Morgan fingerprint density at radius 3 is 2.44 bits per heavy atom. The summed E-state index contributed by atoms with van der Waals surface area (Å²) in [5, 5.41) is 12.6. The Bertz CT molecular complexity index is 1460. The molecule has 1 heterocycles. The zero-order valence-corrected chi connectivity index (χ0v) is 20.6. The highest BCUT2D eigenvalue weighted by molar-refractivity contribution is 8.55. The van der Waals surface area contributed by atoms with Crippen LogP contribution in [0.5, 0.6) is 11.5 Å². The summed E-state index contributed by atoms with van der Waals surface area (Å²) in [5.41, 5.74) is -0.536. The zero-order chi connectivity index (χ0) is 25.9. The molecule has 0 radical (unpaired) electrons. The van der Waals surface area contributed by atoms with Gasteiger partial charge in [-0.05, 0) is 60.3 Å². The van der Waals surface area contributed by atoms with Crippen LogP contribution in [0.3, 0.4) is 0 Å². The molecular formula is C24H20F3N2O5PS. The third-order valence-electron chi connectivity index (χ3n) is 5.18. The largest absolute Gasteiger partial charge is 0.492 e. The van der Waals surface area contributed by atoms with Crippen LogP contribution in [-0.2, 0) is 10.7 Å². The highest BCUT2D eigenvalue weighted by Crippen LogP contribution is 2.60. The van der Waals surface area contributed by atoms with Gasteiger partial charge in [0.1, 0.15) is 11.5 Å². The monoisotopic (exact) mass is 536 g/mol. The highest BCUT2D eigenvalue weighted by Gasteiger charge is 2.33. The number of unbranched alkanes of at least 4 members (excludes halogenated alkanes) is 1. The van der Waals surface area contributed by atoms with E-state index in [2.05, 4.69) is 4.98 Å². The van der Waals surface area contributed by atoms with Gasteiger partial charge >= 0.3 is 13.0 Å². The van der Waals surface area contributed by atoms with Crippen LogP contribution in [0.1, 0.15) is 25.3 Å². The van der Waals surface area contributed by atoms with Crippen molar-refractivity contribution in [2.75, 3.05) is 5.75 Å². The van der Waals surface area contributed by atoms with E-state index in [0.717, 1.165) is 42.1 Å². The van der Waals surface area contributed by atoms with Gasteiger partial charge in [0.15, 0.2) is 5.52 Å². The van der Waals surface area contributed by atoms with Gasteiger partial charge in [-0.3, -0.25) is 10.1 Å². The Morgan fingerprint density at radius 1 is 1.06 bits per heavy atom. The molecule has 4 aromatic rings. The van der Waals surface area contributed by atoms with E-state index in [9.17, 15) is 27.9 Å². The number of pyridine rings is 1. The quantitative estimate of drug-likeness (QED) is 0.0697. The molecule has 7 nitrogen and oxygen atoms in total. The van der Waals surface area contributed by atoms with Gasteiger partial charge in [-0.25, -0.2) is 9.55 Å². The van der Waals surface area contributed by atoms with Crippen LogP contribution in [0.4, 0.5) is 18.9 Å². The summed E-state index contributed by atoms with van der Waals surface area (Å²) >= 11 is 0.905. The Kier molecular flexibility index (Phi) is 7.42. The number of rotatable bonds is 9. The standard InChI is InChI=1S/C24H20F3N2O5PS/c1-2-3-14-36-35(32,33-18-10-8-17(9-11-18)24(25,26)27)34-22-13-12-21(29(30)31)23-19(22)15-16-6-4-5-7-20(16)28-23/h4-13,15H,2-3,14H2,1H3. The molecule has 1 unspecified atom stereocenters. The van der Waals surface area contributed by atoms with Crippen LogP contribution in [0.2, 0.25) is 0 Å². The molecule has 0 saturated carbocycles. The number of hydrogen-bond acceptors (Lipinski definition) is 7. The first kappa shape index (κ1) is 25.8. The van der Waals surface area contributed by atoms with Crippen LogP contribution in [0.25, 0.3) is 21.8 Å². The normalized spacial score (nSPS) is 13.4. The maximum atomic E-state index is 13.8. The minimum atomic E-state index is -4.53. The number of hydrogen-bond donors (Lipinski definition) is 0. The lowest BCUT2D eigenvalue weighted by molar-refractivity contribution is -0.383. The predicted octanol–water partition coefficient (Wildman–Crippen LogP) is 8.41. The summed E-state index contributed by atoms with van der Waals surface area (Å²) in [6.07, 6.45) is -3.02. The van der Waals surface area contributed by atoms with E-state index in [-0.39, 0.29) is 28.1 Å². The SMILES string of the molecule is CCCCSP(=O)(Oc1ccc(C(F)(F)F)cc1)Oc1ccc([N+](=O)[O-])c2nc3ccccc3cc12. The number of non-ortho nitro benzene ring substituents is 1. The Balaban J connectivity index is 1.76. The number of nitro benzene ring substituents is 1. The van der Waals surface area contributed by atoms with Crippen molar-refractivity contribution in [3.63, 3.8) is 0 Å². The van der Waals surface area contributed by atoms with Gasteiger partial charge in [-0.1, -0.05) is 31.5 Å². The van der Waals surface area contributed by atoms with Gasteiger partial charge in [0.2, 0.25) is 0 Å². The molecule has 0 aliphatic rings. The van der Waals surface area contributed by atoms with Gasteiger partial charge in [-0.15, -0.1) is 0 Å². The molecule has 3 aromatic carbocycles. The van der Waals surface area contributed by atoms with E-state index in [4.69, 9.17) is 9.05 Å². The van der Waals surface area contributed by atoms with E-state index in [1.807, 2.05) is 6.92 Å². The zero-order valence-electron chi connectivity index (χ0n) is 18.9. The molecular weight excluding hydrogens is 516 g/mol. The van der Waals surface area contributed by atoms with Crippen LogP contribution >= 0.6 is 18.2 Å². The number of fused-ring (bicyclic) bond motifs is 2. The van der Waals surface area contributed by atoms with E-state index < -0.39 is 23.5 Å². The number of alkyl halides is 3. The molecule has 4 rings (SSSR count). The van der Waals surface area contributed by atoms with Crippen molar-refractivity contribution in [3.8, 4) is 11.5 Å². The molecule has 0 aliphatic heterocycles. The number of aromatic nitrogens is 1. The summed E-state index contributed by atoms with van der Waals surface area (Å²) in [6, 6.07) is 15.0. The summed E-state index contributed by atoms with van der Waals surface area (Å²) in [4.78, 5) is 15.5. The fourth-order valence-electron chi connectivity index (χ4n) is 3.40. The highest BCUT2D eigenvalue weighted by atomic mass is 32.7. The smallest absolute Gasteiger partial charge is 0.408 e. The Hall–Kier alpha value is -3.30. The van der Waals surface area contributed by atoms with Gasteiger partial charge in [0, 0.05) is 17.2 Å². The molecule has 0 fully saturated rings. The van der Waals surface area contributed by atoms with Gasteiger partial charge in [0.25, 0.3) is 5.69 Å². The van der Waals surface area contributed by atoms with Crippen LogP contribution in [-0.4, -0.2) is 15.7 Å². The second-order valence-corrected chi connectivity index (χ2v) is 11.8. The first-order valence-corrected chi connectivity index (χ1v) is 14.0. The number of benzene rings is 3. The number of para-hydroxylation sites is 1. The maximum Gasteiger partial charge on any atom is 0.492 e. The molecule has 1 atom stereocenters. The van der Waals surface area contributed by atoms with Crippen molar-refractivity contribution in [3.05, 3.63) is 82.4 Å². The molecule has 0 aliphatic carbocycles. The summed E-state index contributed by atoms with van der Waals surface area (Å²) in [5.74, 6) is 0.388. The lowest BCUT2D eigenvalue weighted by Gasteiger charge is -2.20. The van der Waals surface area contributed by atoms with Crippen LogP contribution < -0.4 is 9.05 Å². The molecule has 1 aromatic heterocycles. The van der Waals surface area contributed by atoms with Gasteiger partial charge < -0.3 is 9.05 Å².